The third kappa shape index (κ3) is 2.74. The Balaban J connectivity index is 2.19. The van der Waals surface area contributed by atoms with Gasteiger partial charge < -0.3 is 15.3 Å². The fourth-order valence-electron chi connectivity index (χ4n) is 2.14. The maximum Gasteiger partial charge on any atom is 0.164 e. The SMILES string of the molecule is CC(=O)[C@@]1(O)CS[C@@H]([SH](N)c2ccccc2)[C@H](O)[C@H]1O. The van der Waals surface area contributed by atoms with E-state index in [2.05, 4.69) is 0 Å². The van der Waals surface area contributed by atoms with Crippen LogP contribution < -0.4 is 5.14 Å². The molecule has 1 aliphatic rings. The predicted octanol–water partition coefficient (Wildman–Crippen LogP) is 0.0352. The third-order valence-electron chi connectivity index (χ3n) is 3.52. The molecule has 1 saturated heterocycles. The molecule has 0 saturated carbocycles. The van der Waals surface area contributed by atoms with Crippen molar-refractivity contribution in [2.75, 3.05) is 5.75 Å². The van der Waals surface area contributed by atoms with Crippen LogP contribution in [0.3, 0.4) is 0 Å². The van der Waals surface area contributed by atoms with Gasteiger partial charge in [-0.2, -0.15) is 11.1 Å². The smallest absolute Gasteiger partial charge is 0.164 e. The first-order chi connectivity index (χ1) is 9.38. The van der Waals surface area contributed by atoms with Crippen LogP contribution in [-0.4, -0.2) is 49.2 Å². The highest BCUT2D eigenvalue weighted by atomic mass is 32.3. The van der Waals surface area contributed by atoms with Gasteiger partial charge in [0.2, 0.25) is 0 Å². The van der Waals surface area contributed by atoms with Gasteiger partial charge in [0.1, 0.15) is 12.2 Å². The number of thiol groups is 1. The van der Waals surface area contributed by atoms with Crippen LogP contribution in [0.4, 0.5) is 0 Å². The summed E-state index contributed by atoms with van der Waals surface area (Å²) in [5.41, 5.74) is -1.90. The highest BCUT2D eigenvalue weighted by Gasteiger charge is 2.51. The number of hydrogen-bond acceptors (Lipinski definition) is 6. The molecule has 0 bridgehead atoms. The second kappa shape index (κ2) is 6.05. The van der Waals surface area contributed by atoms with Crippen molar-refractivity contribution in [2.45, 2.75) is 34.2 Å². The minimum Gasteiger partial charge on any atom is -0.388 e. The summed E-state index contributed by atoms with van der Waals surface area (Å²) in [6.07, 6.45) is -2.75. The van der Waals surface area contributed by atoms with E-state index in [4.69, 9.17) is 5.14 Å². The van der Waals surface area contributed by atoms with Gasteiger partial charge in [0, 0.05) is 10.6 Å². The van der Waals surface area contributed by atoms with Crippen molar-refractivity contribution in [3.8, 4) is 0 Å². The monoisotopic (exact) mass is 317 g/mol. The lowest BCUT2D eigenvalue weighted by Crippen LogP contribution is -2.61. The zero-order valence-electron chi connectivity index (χ0n) is 11.0. The molecule has 5 N–H and O–H groups in total. The predicted molar refractivity (Wildman–Crippen MR) is 81.8 cm³/mol. The first kappa shape index (κ1) is 15.8. The Morgan fingerprint density at radius 3 is 2.55 bits per heavy atom. The third-order valence-corrected chi connectivity index (χ3v) is 7.62. The van der Waals surface area contributed by atoms with E-state index >= 15 is 0 Å². The van der Waals surface area contributed by atoms with E-state index in [1.807, 2.05) is 30.3 Å². The van der Waals surface area contributed by atoms with Crippen LogP contribution >= 0.6 is 22.8 Å². The summed E-state index contributed by atoms with van der Waals surface area (Å²) in [4.78, 5) is 12.4. The number of thioether (sulfide) groups is 1. The fourth-order valence-corrected chi connectivity index (χ4v) is 5.82. The fraction of sp³-hybridized carbons (Fsp3) is 0.462. The molecule has 5 atom stereocenters. The molecule has 20 heavy (non-hydrogen) atoms. The number of rotatable bonds is 3. The molecular formula is C13H19NO4S2. The molecule has 2 rings (SSSR count). The van der Waals surface area contributed by atoms with Crippen LogP contribution in [0.5, 0.6) is 0 Å². The van der Waals surface area contributed by atoms with Gasteiger partial charge in [0.25, 0.3) is 0 Å². The van der Waals surface area contributed by atoms with Crippen molar-refractivity contribution in [3.05, 3.63) is 30.3 Å². The van der Waals surface area contributed by atoms with Crippen LogP contribution in [0.15, 0.2) is 35.2 Å². The molecule has 0 aromatic heterocycles. The molecule has 0 aliphatic carbocycles. The standard InChI is InChI=1S/C13H19NO4S2/c1-8(15)13(18)7-19-12(10(16)11(13)17)20(14)9-5-3-2-4-6-9/h2-6,10-12,16-18,20H,7,14H2,1H3/t10-,11-,12+,13+/m1/s1. The van der Waals surface area contributed by atoms with E-state index in [-0.39, 0.29) is 5.75 Å². The van der Waals surface area contributed by atoms with Gasteiger partial charge in [-0.15, -0.1) is 11.8 Å². The first-order valence-electron chi connectivity index (χ1n) is 6.18. The van der Waals surface area contributed by atoms with Gasteiger partial charge in [-0.3, -0.25) is 9.93 Å². The summed E-state index contributed by atoms with van der Waals surface area (Å²) in [7, 11) is 0. The molecule has 1 fully saturated rings. The van der Waals surface area contributed by atoms with E-state index in [1.54, 1.807) is 0 Å². The number of ketones is 1. The lowest BCUT2D eigenvalue weighted by Gasteiger charge is -2.44. The number of aliphatic hydroxyl groups is 3. The second-order valence-electron chi connectivity index (χ2n) is 4.86. The number of carbonyl (C=O) groups is 1. The summed E-state index contributed by atoms with van der Waals surface area (Å²) in [5, 5.41) is 36.6. The lowest BCUT2D eigenvalue weighted by atomic mass is 9.91. The summed E-state index contributed by atoms with van der Waals surface area (Å²) in [6.45, 7) is 1.21. The maximum absolute atomic E-state index is 11.5. The average molecular weight is 317 g/mol. The number of nitrogens with two attached hydrogens (primary N) is 1. The highest BCUT2D eigenvalue weighted by molar-refractivity contribution is 8.26. The number of aliphatic hydroxyl groups excluding tert-OH is 2. The van der Waals surface area contributed by atoms with Gasteiger partial charge in [0.15, 0.2) is 11.4 Å². The highest BCUT2D eigenvalue weighted by Crippen LogP contribution is 2.47. The molecule has 1 aliphatic heterocycles. The van der Waals surface area contributed by atoms with E-state index in [0.717, 1.165) is 4.90 Å². The molecule has 0 amide bonds. The Bertz CT molecular complexity index is 487. The molecule has 7 heteroatoms. The molecule has 0 radical (unpaired) electrons. The van der Waals surface area contributed by atoms with Gasteiger partial charge >= 0.3 is 0 Å². The van der Waals surface area contributed by atoms with Crippen molar-refractivity contribution in [1.29, 1.82) is 0 Å². The van der Waals surface area contributed by atoms with Crippen LogP contribution in [-0.2, 0) is 4.79 Å². The minimum atomic E-state index is -1.90. The largest absolute Gasteiger partial charge is 0.388 e. The van der Waals surface area contributed by atoms with Crippen LogP contribution in [0, 0.1) is 0 Å². The molecule has 1 heterocycles. The van der Waals surface area contributed by atoms with Gasteiger partial charge in [-0.1, -0.05) is 18.2 Å². The van der Waals surface area contributed by atoms with E-state index in [0.29, 0.717) is 0 Å². The van der Waals surface area contributed by atoms with Crippen molar-refractivity contribution < 1.29 is 20.1 Å². The van der Waals surface area contributed by atoms with E-state index < -0.39 is 39.3 Å². The Hall–Kier alpha value is -0.570. The molecule has 5 nitrogen and oxygen atoms in total. The van der Waals surface area contributed by atoms with E-state index in [9.17, 15) is 20.1 Å². The van der Waals surface area contributed by atoms with Crippen LogP contribution in [0.1, 0.15) is 6.92 Å². The second-order valence-corrected chi connectivity index (χ2v) is 8.23. The van der Waals surface area contributed by atoms with Crippen LogP contribution in [0.2, 0.25) is 0 Å². The molecule has 1 aromatic rings. The van der Waals surface area contributed by atoms with Gasteiger partial charge in [0.05, 0.1) is 4.58 Å². The molecular weight excluding hydrogens is 298 g/mol. The summed E-state index contributed by atoms with van der Waals surface area (Å²) in [5.74, 6) is -0.510. The van der Waals surface area contributed by atoms with E-state index in [1.165, 1.54) is 18.7 Å². The van der Waals surface area contributed by atoms with Crippen molar-refractivity contribution in [1.82, 2.24) is 0 Å². The van der Waals surface area contributed by atoms with Gasteiger partial charge in [-0.25, -0.2) is 0 Å². The zero-order valence-corrected chi connectivity index (χ0v) is 12.7. The van der Waals surface area contributed by atoms with Crippen molar-refractivity contribution in [3.63, 3.8) is 0 Å². The van der Waals surface area contributed by atoms with Crippen molar-refractivity contribution >= 4 is 28.6 Å². The zero-order chi connectivity index (χ0) is 14.9. The summed E-state index contributed by atoms with van der Waals surface area (Å²) < 4.78 is -0.415. The Morgan fingerprint density at radius 2 is 2.00 bits per heavy atom. The molecule has 1 unspecified atom stereocenters. The first-order valence-corrected chi connectivity index (χ1v) is 8.71. The Kier molecular flexibility index (Phi) is 4.78. The Labute approximate surface area is 124 Å². The lowest BCUT2D eigenvalue weighted by molar-refractivity contribution is -0.155. The van der Waals surface area contributed by atoms with Crippen LogP contribution in [0.25, 0.3) is 0 Å². The molecule has 0 spiro atoms. The maximum atomic E-state index is 11.5. The normalized spacial score (nSPS) is 36.5. The average Bonchev–Trinajstić information content (AvgIpc) is 2.45. The molecule has 1 aromatic carbocycles. The summed E-state index contributed by atoms with van der Waals surface area (Å²) >= 11 is 0.0463. The number of Topliss-reactive ketones (excluding diaryl/α,β-unsaturated/α-hetero) is 1. The van der Waals surface area contributed by atoms with Gasteiger partial charge in [-0.05, 0) is 19.1 Å². The Morgan fingerprint density at radius 1 is 1.40 bits per heavy atom. The minimum absolute atomic E-state index is 0.0358. The molecule has 112 valence electrons. The number of benzene rings is 1. The number of hydrogen-bond donors (Lipinski definition) is 5. The number of carbonyl (C=O) groups excluding carboxylic acids is 1. The quantitative estimate of drug-likeness (QED) is 0.504. The van der Waals surface area contributed by atoms with Crippen molar-refractivity contribution in [2.24, 2.45) is 5.14 Å². The topological polar surface area (TPSA) is 104 Å². The summed E-state index contributed by atoms with van der Waals surface area (Å²) in [6, 6.07) is 9.34.